The third kappa shape index (κ3) is 3.69. The Balaban J connectivity index is 1.52. The van der Waals surface area contributed by atoms with E-state index in [4.69, 9.17) is 0 Å². The fourth-order valence-corrected chi connectivity index (χ4v) is 6.46. The molecule has 0 radical (unpaired) electrons. The van der Waals surface area contributed by atoms with Crippen LogP contribution in [0.2, 0.25) is 0 Å². The smallest absolute Gasteiger partial charge is 0.269 e. The van der Waals surface area contributed by atoms with Crippen molar-refractivity contribution in [1.29, 1.82) is 0 Å². The summed E-state index contributed by atoms with van der Waals surface area (Å²) in [4.78, 5) is 42.6. The second kappa shape index (κ2) is 9.13. The molecule has 3 aromatic carbocycles. The molecule has 3 aromatic rings. The number of nitrogens with zero attached hydrogens (tertiary/aromatic N) is 2. The largest absolute Gasteiger partial charge is 0.324 e. The van der Waals surface area contributed by atoms with E-state index in [9.17, 15) is 14.4 Å². The van der Waals surface area contributed by atoms with E-state index in [1.165, 1.54) is 16.7 Å². The minimum absolute atomic E-state index is 0.120. The number of amides is 3. The van der Waals surface area contributed by atoms with Gasteiger partial charge in [0.25, 0.3) is 5.91 Å². The van der Waals surface area contributed by atoms with Crippen LogP contribution in [0.15, 0.2) is 60.7 Å². The number of nitrogens with one attached hydrogen (secondary N) is 1. The van der Waals surface area contributed by atoms with Gasteiger partial charge in [0, 0.05) is 16.9 Å². The predicted octanol–water partition coefficient (Wildman–Crippen LogP) is 5.09. The Morgan fingerprint density at radius 1 is 0.972 bits per heavy atom. The summed E-state index contributed by atoms with van der Waals surface area (Å²) in [5.41, 5.74) is 7.07. The highest BCUT2D eigenvalue weighted by atomic mass is 32.2. The van der Waals surface area contributed by atoms with Gasteiger partial charge in [-0.1, -0.05) is 49.4 Å². The minimum atomic E-state index is -1.23. The highest BCUT2D eigenvalue weighted by Crippen LogP contribution is 2.55. The van der Waals surface area contributed by atoms with Gasteiger partial charge in [0.1, 0.15) is 6.54 Å². The first-order valence-corrected chi connectivity index (χ1v) is 13.1. The number of hydrogen-bond donors (Lipinski definition) is 1. The first kappa shape index (κ1) is 24.1. The molecule has 1 atom stereocenters. The highest BCUT2D eigenvalue weighted by Gasteiger charge is 2.61. The van der Waals surface area contributed by atoms with Gasteiger partial charge in [-0.05, 0) is 67.6 Å². The number of fused-ring (bicyclic) bond motifs is 2. The van der Waals surface area contributed by atoms with Crippen LogP contribution in [0.5, 0.6) is 0 Å². The number of rotatable bonds is 5. The Morgan fingerprint density at radius 2 is 1.75 bits per heavy atom. The molecule has 1 spiro atoms. The van der Waals surface area contributed by atoms with Crippen molar-refractivity contribution in [3.8, 4) is 0 Å². The second-order valence-electron chi connectivity index (χ2n) is 9.35. The highest BCUT2D eigenvalue weighted by molar-refractivity contribution is 8.02. The van der Waals surface area contributed by atoms with Crippen LogP contribution in [-0.4, -0.2) is 30.0 Å². The molecule has 2 heterocycles. The maximum atomic E-state index is 14.2. The average molecular weight is 500 g/mol. The summed E-state index contributed by atoms with van der Waals surface area (Å²) in [5, 5.41) is 3.03. The molecule has 1 saturated heterocycles. The fourth-order valence-electron chi connectivity index (χ4n) is 5.10. The fraction of sp³-hybridized carbons (Fsp3) is 0.276. The number of hydrogen-bond acceptors (Lipinski definition) is 4. The van der Waals surface area contributed by atoms with Gasteiger partial charge < -0.3 is 5.32 Å². The van der Waals surface area contributed by atoms with E-state index in [0.29, 0.717) is 11.4 Å². The molecule has 0 saturated carbocycles. The van der Waals surface area contributed by atoms with Gasteiger partial charge in [-0.2, -0.15) is 0 Å². The van der Waals surface area contributed by atoms with Crippen molar-refractivity contribution in [3.63, 3.8) is 0 Å². The lowest BCUT2D eigenvalue weighted by Gasteiger charge is -2.33. The first-order chi connectivity index (χ1) is 17.3. The molecule has 36 heavy (non-hydrogen) atoms. The van der Waals surface area contributed by atoms with E-state index < -0.39 is 4.87 Å². The van der Waals surface area contributed by atoms with Crippen molar-refractivity contribution >= 4 is 46.5 Å². The molecule has 2 aliphatic heterocycles. The zero-order chi connectivity index (χ0) is 25.6. The van der Waals surface area contributed by atoms with Gasteiger partial charge in [-0.15, -0.1) is 11.8 Å². The maximum absolute atomic E-state index is 14.2. The molecule has 0 aliphatic carbocycles. The van der Waals surface area contributed by atoms with Crippen LogP contribution < -0.4 is 15.1 Å². The van der Waals surface area contributed by atoms with Crippen molar-refractivity contribution in [2.75, 3.05) is 27.4 Å². The Bertz CT molecular complexity index is 1400. The summed E-state index contributed by atoms with van der Waals surface area (Å²) in [7, 11) is 0. The second-order valence-corrected chi connectivity index (χ2v) is 10.5. The lowest BCUT2D eigenvalue weighted by molar-refractivity contribution is -0.124. The SMILES string of the molecule is CCc1cccc(C)c1NC(=O)CN1C(=O)[C@@]2(SCC(=O)N2c2ccc(C)c(C)c2)c2ccccc21. The average Bonchev–Trinajstić information content (AvgIpc) is 3.33. The Labute approximate surface area is 215 Å². The van der Waals surface area contributed by atoms with Crippen LogP contribution in [0.3, 0.4) is 0 Å². The Morgan fingerprint density at radius 3 is 2.50 bits per heavy atom. The summed E-state index contributed by atoms with van der Waals surface area (Å²) in [6.07, 6.45) is 0.787. The van der Waals surface area contributed by atoms with Gasteiger partial charge in [0.05, 0.1) is 11.4 Å². The van der Waals surface area contributed by atoms with Crippen LogP contribution in [0.1, 0.15) is 34.7 Å². The van der Waals surface area contributed by atoms with E-state index in [0.717, 1.165) is 39.9 Å². The van der Waals surface area contributed by atoms with Gasteiger partial charge in [-0.3, -0.25) is 24.2 Å². The van der Waals surface area contributed by atoms with Crippen molar-refractivity contribution in [2.24, 2.45) is 0 Å². The molecule has 0 aromatic heterocycles. The summed E-state index contributed by atoms with van der Waals surface area (Å²) < 4.78 is 0. The molecule has 5 rings (SSSR count). The summed E-state index contributed by atoms with van der Waals surface area (Å²) >= 11 is 1.32. The minimum Gasteiger partial charge on any atom is -0.324 e. The summed E-state index contributed by atoms with van der Waals surface area (Å²) in [6, 6.07) is 19.2. The molecule has 7 heteroatoms. The van der Waals surface area contributed by atoms with Crippen LogP contribution in [-0.2, 0) is 25.7 Å². The maximum Gasteiger partial charge on any atom is 0.269 e. The number of para-hydroxylation sites is 2. The lowest BCUT2D eigenvalue weighted by Crippen LogP contribution is -2.51. The normalized spacial score (nSPS) is 18.8. The number of anilines is 3. The molecular formula is C29H29N3O3S. The molecule has 3 amide bonds. The van der Waals surface area contributed by atoms with Crippen molar-refractivity contribution in [1.82, 2.24) is 0 Å². The Hall–Kier alpha value is -3.58. The van der Waals surface area contributed by atoms with Crippen molar-refractivity contribution < 1.29 is 14.4 Å². The monoisotopic (exact) mass is 499 g/mol. The predicted molar refractivity (Wildman–Crippen MR) is 146 cm³/mol. The molecule has 0 bridgehead atoms. The Kier molecular flexibility index (Phi) is 6.12. The number of thioether (sulfide) groups is 1. The summed E-state index contributed by atoms with van der Waals surface area (Å²) in [5.74, 6) is -0.472. The van der Waals surface area contributed by atoms with E-state index >= 15 is 0 Å². The zero-order valence-corrected chi connectivity index (χ0v) is 21.7. The quantitative estimate of drug-likeness (QED) is 0.531. The van der Waals surface area contributed by atoms with Crippen molar-refractivity contribution in [2.45, 2.75) is 39.0 Å². The van der Waals surface area contributed by atoms with Gasteiger partial charge in [-0.25, -0.2) is 0 Å². The van der Waals surface area contributed by atoms with E-state index in [1.807, 2.05) is 88.4 Å². The zero-order valence-electron chi connectivity index (χ0n) is 20.9. The van der Waals surface area contributed by atoms with Crippen LogP contribution in [0.4, 0.5) is 17.1 Å². The van der Waals surface area contributed by atoms with E-state index in [-0.39, 0.29) is 30.0 Å². The number of benzene rings is 3. The molecule has 1 N–H and O–H groups in total. The van der Waals surface area contributed by atoms with Gasteiger partial charge in [0.2, 0.25) is 16.7 Å². The van der Waals surface area contributed by atoms with Crippen LogP contribution in [0, 0.1) is 20.8 Å². The molecular weight excluding hydrogens is 470 g/mol. The van der Waals surface area contributed by atoms with Gasteiger partial charge in [0.15, 0.2) is 0 Å². The number of carbonyl (C=O) groups excluding carboxylic acids is 3. The van der Waals surface area contributed by atoms with Gasteiger partial charge >= 0.3 is 0 Å². The number of carbonyl (C=O) groups is 3. The molecule has 2 aliphatic rings. The standard InChI is InChI=1S/C29H29N3O3S/c1-5-21-10-8-9-19(3)27(21)30-25(33)16-31-24-12-7-6-11-23(24)29(28(31)35)32(26(34)17-36-29)22-14-13-18(2)20(4)15-22/h6-15H,5,16-17H2,1-4H3,(H,30,33)/t29-/m0/s1. The third-order valence-corrected chi connectivity index (χ3v) is 8.50. The van der Waals surface area contributed by atoms with Crippen LogP contribution in [0.25, 0.3) is 0 Å². The molecule has 0 unspecified atom stereocenters. The number of aryl methyl sites for hydroxylation is 4. The van der Waals surface area contributed by atoms with Crippen LogP contribution >= 0.6 is 11.8 Å². The van der Waals surface area contributed by atoms with Crippen molar-refractivity contribution in [3.05, 3.63) is 88.5 Å². The summed E-state index contributed by atoms with van der Waals surface area (Å²) in [6.45, 7) is 7.89. The first-order valence-electron chi connectivity index (χ1n) is 12.1. The topological polar surface area (TPSA) is 69.7 Å². The molecule has 1 fully saturated rings. The molecule has 184 valence electrons. The van der Waals surface area contributed by atoms with E-state index in [1.54, 1.807) is 4.90 Å². The lowest BCUT2D eigenvalue weighted by atomic mass is 10.0. The third-order valence-electron chi connectivity index (χ3n) is 7.12. The van der Waals surface area contributed by atoms with E-state index in [2.05, 4.69) is 5.32 Å². The molecule has 6 nitrogen and oxygen atoms in total.